The minimum atomic E-state index is -0.742. The van der Waals surface area contributed by atoms with Crippen LogP contribution in [0.5, 0.6) is 0 Å². The average Bonchev–Trinajstić information content (AvgIpc) is 2.42. The Kier molecular flexibility index (Phi) is 2.53. The maximum atomic E-state index is 9.79. The second kappa shape index (κ2) is 3.43. The van der Waals surface area contributed by atoms with E-state index >= 15 is 0 Å². The van der Waals surface area contributed by atoms with Gasteiger partial charge in [-0.3, -0.25) is 0 Å². The Morgan fingerprint density at radius 1 is 1.43 bits per heavy atom. The monoisotopic (exact) mass is 204 g/mol. The molecule has 0 aromatic heterocycles. The van der Waals surface area contributed by atoms with Crippen LogP contribution in [0.25, 0.3) is 0 Å². The van der Waals surface area contributed by atoms with Crippen LogP contribution < -0.4 is 0 Å². The summed E-state index contributed by atoms with van der Waals surface area (Å²) in [6.07, 6.45) is -1.94. The second-order valence-electron chi connectivity index (χ2n) is 4.06. The third-order valence-corrected chi connectivity index (χ3v) is 2.54. The number of ether oxygens (including phenoxy) is 4. The van der Waals surface area contributed by atoms with E-state index in [1.165, 1.54) is 7.11 Å². The van der Waals surface area contributed by atoms with Gasteiger partial charge in [0.25, 0.3) is 0 Å². The highest BCUT2D eigenvalue weighted by Crippen LogP contribution is 2.33. The lowest BCUT2D eigenvalue weighted by Gasteiger charge is -2.37. The minimum Gasteiger partial charge on any atom is -0.385 e. The summed E-state index contributed by atoms with van der Waals surface area (Å²) < 4.78 is 21.3. The van der Waals surface area contributed by atoms with Crippen molar-refractivity contribution in [2.45, 2.75) is 44.2 Å². The van der Waals surface area contributed by atoms with E-state index in [1.54, 1.807) is 0 Å². The van der Waals surface area contributed by atoms with Crippen molar-refractivity contribution < 1.29 is 24.1 Å². The molecule has 0 bridgehead atoms. The topological polar surface area (TPSA) is 57.2 Å². The summed E-state index contributed by atoms with van der Waals surface area (Å²) in [6.45, 7) is 4.06. The van der Waals surface area contributed by atoms with Crippen LogP contribution in [0.1, 0.15) is 13.8 Å². The fraction of sp³-hybridized carbons (Fsp3) is 1.00. The molecule has 14 heavy (non-hydrogen) atoms. The van der Waals surface area contributed by atoms with Gasteiger partial charge in [-0.05, 0) is 13.8 Å². The predicted octanol–water partition coefficient (Wildman–Crippen LogP) is -0.130. The molecule has 2 rings (SSSR count). The van der Waals surface area contributed by atoms with Gasteiger partial charge < -0.3 is 24.1 Å². The Hall–Kier alpha value is -0.200. The number of rotatable bonds is 1. The van der Waals surface area contributed by atoms with E-state index in [2.05, 4.69) is 0 Å². The fourth-order valence-electron chi connectivity index (χ4n) is 1.82. The third kappa shape index (κ3) is 1.66. The summed E-state index contributed by atoms with van der Waals surface area (Å²) in [6, 6.07) is 0. The Bertz CT molecular complexity index is 215. The van der Waals surface area contributed by atoms with Crippen LogP contribution in [-0.4, -0.2) is 49.2 Å². The van der Waals surface area contributed by atoms with E-state index in [1.807, 2.05) is 13.8 Å². The molecule has 2 aliphatic heterocycles. The van der Waals surface area contributed by atoms with Crippen molar-refractivity contribution in [1.29, 1.82) is 0 Å². The van der Waals surface area contributed by atoms with Gasteiger partial charge in [-0.2, -0.15) is 0 Å². The first-order chi connectivity index (χ1) is 6.53. The van der Waals surface area contributed by atoms with E-state index in [0.29, 0.717) is 6.61 Å². The van der Waals surface area contributed by atoms with Crippen molar-refractivity contribution >= 4 is 0 Å². The Morgan fingerprint density at radius 2 is 2.14 bits per heavy atom. The Labute approximate surface area is 82.9 Å². The lowest BCUT2D eigenvalue weighted by atomic mass is 10.1. The smallest absolute Gasteiger partial charge is 0.186 e. The van der Waals surface area contributed by atoms with E-state index in [-0.39, 0.29) is 12.2 Å². The third-order valence-electron chi connectivity index (χ3n) is 2.54. The number of hydrogen-bond donors (Lipinski definition) is 1. The number of hydrogen-bond acceptors (Lipinski definition) is 5. The molecule has 0 saturated carbocycles. The van der Waals surface area contributed by atoms with Crippen molar-refractivity contribution in [3.05, 3.63) is 0 Å². The largest absolute Gasteiger partial charge is 0.385 e. The Morgan fingerprint density at radius 3 is 2.79 bits per heavy atom. The highest BCUT2D eigenvalue weighted by Gasteiger charge is 2.50. The minimum absolute atomic E-state index is 0.233. The summed E-state index contributed by atoms with van der Waals surface area (Å²) >= 11 is 0. The van der Waals surface area contributed by atoms with Crippen molar-refractivity contribution in [2.24, 2.45) is 0 Å². The maximum absolute atomic E-state index is 9.79. The summed E-state index contributed by atoms with van der Waals surface area (Å²) in [5.74, 6) is -0.659. The standard InChI is InChI=1S/C9H16O5/c1-9(2)12-4-5-7(14-9)6(10)8(11-3)13-5/h5-8,10H,4H2,1-3H3/t5-,6-,7+,8?/m0/s1. The van der Waals surface area contributed by atoms with Gasteiger partial charge in [0.1, 0.15) is 18.3 Å². The molecule has 0 aromatic rings. The van der Waals surface area contributed by atoms with Crippen LogP contribution in [-0.2, 0) is 18.9 Å². The maximum Gasteiger partial charge on any atom is 0.186 e. The zero-order chi connectivity index (χ0) is 10.3. The van der Waals surface area contributed by atoms with Crippen LogP contribution in [0, 0.1) is 0 Å². The molecule has 2 heterocycles. The molecule has 2 fully saturated rings. The highest BCUT2D eigenvalue weighted by atomic mass is 16.8. The van der Waals surface area contributed by atoms with Gasteiger partial charge in [0.15, 0.2) is 12.1 Å². The molecule has 82 valence electrons. The first-order valence-corrected chi connectivity index (χ1v) is 4.71. The van der Waals surface area contributed by atoms with Crippen LogP contribution in [0.4, 0.5) is 0 Å². The number of aliphatic hydroxyl groups excluding tert-OH is 1. The van der Waals surface area contributed by atoms with E-state index in [0.717, 1.165) is 0 Å². The number of aliphatic hydroxyl groups is 1. The predicted molar refractivity (Wildman–Crippen MR) is 46.6 cm³/mol. The first-order valence-electron chi connectivity index (χ1n) is 4.71. The van der Waals surface area contributed by atoms with Gasteiger partial charge in [0.05, 0.1) is 6.61 Å². The molecular weight excluding hydrogens is 188 g/mol. The van der Waals surface area contributed by atoms with E-state index in [9.17, 15) is 5.11 Å². The molecular formula is C9H16O5. The normalized spacial score (nSPS) is 46.3. The summed E-state index contributed by atoms with van der Waals surface area (Å²) in [7, 11) is 1.50. The van der Waals surface area contributed by atoms with Crippen molar-refractivity contribution in [2.75, 3.05) is 13.7 Å². The average molecular weight is 204 g/mol. The molecule has 1 unspecified atom stereocenters. The summed E-state index contributed by atoms with van der Waals surface area (Å²) in [5.41, 5.74) is 0. The molecule has 1 N–H and O–H groups in total. The number of fused-ring (bicyclic) bond motifs is 1. The molecule has 2 aliphatic rings. The van der Waals surface area contributed by atoms with E-state index in [4.69, 9.17) is 18.9 Å². The zero-order valence-electron chi connectivity index (χ0n) is 8.60. The molecule has 0 aromatic carbocycles. The van der Waals surface area contributed by atoms with E-state index < -0.39 is 18.2 Å². The number of methoxy groups -OCH3 is 1. The fourth-order valence-corrected chi connectivity index (χ4v) is 1.82. The second-order valence-corrected chi connectivity index (χ2v) is 4.06. The van der Waals surface area contributed by atoms with Crippen molar-refractivity contribution in [3.63, 3.8) is 0 Å². The molecule has 0 radical (unpaired) electrons. The molecule has 5 nitrogen and oxygen atoms in total. The zero-order valence-corrected chi connectivity index (χ0v) is 8.60. The first kappa shape index (κ1) is 10.3. The molecule has 0 aliphatic carbocycles. The van der Waals surface area contributed by atoms with Crippen LogP contribution in [0.15, 0.2) is 0 Å². The summed E-state index contributed by atoms with van der Waals surface area (Å²) in [4.78, 5) is 0. The SMILES string of the molecule is COC1O[C@H]2COC(C)(C)O[C@H]2[C@@H]1O. The lowest BCUT2D eigenvalue weighted by molar-refractivity contribution is -0.300. The van der Waals surface area contributed by atoms with Gasteiger partial charge >= 0.3 is 0 Å². The quantitative estimate of drug-likeness (QED) is 0.644. The molecule has 5 heteroatoms. The van der Waals surface area contributed by atoms with Gasteiger partial charge in [0, 0.05) is 7.11 Å². The molecule has 4 atom stereocenters. The van der Waals surface area contributed by atoms with Crippen LogP contribution >= 0.6 is 0 Å². The molecule has 0 spiro atoms. The van der Waals surface area contributed by atoms with Crippen LogP contribution in [0.3, 0.4) is 0 Å². The Balaban J connectivity index is 2.07. The van der Waals surface area contributed by atoms with Crippen LogP contribution in [0.2, 0.25) is 0 Å². The molecule has 0 amide bonds. The van der Waals surface area contributed by atoms with Gasteiger partial charge in [-0.25, -0.2) is 0 Å². The van der Waals surface area contributed by atoms with Gasteiger partial charge in [0.2, 0.25) is 0 Å². The van der Waals surface area contributed by atoms with Gasteiger partial charge in [-0.15, -0.1) is 0 Å². The molecule has 2 saturated heterocycles. The summed E-state index contributed by atoms with van der Waals surface area (Å²) in [5, 5.41) is 9.79. The van der Waals surface area contributed by atoms with Crippen molar-refractivity contribution in [1.82, 2.24) is 0 Å². The highest BCUT2D eigenvalue weighted by molar-refractivity contribution is 4.91. The van der Waals surface area contributed by atoms with Crippen molar-refractivity contribution in [3.8, 4) is 0 Å². The van der Waals surface area contributed by atoms with Gasteiger partial charge in [-0.1, -0.05) is 0 Å². The lowest BCUT2D eigenvalue weighted by Crippen LogP contribution is -2.50.